The first-order valence-electron chi connectivity index (χ1n) is 8.52. The molecule has 2 aromatic carbocycles. The van der Waals surface area contributed by atoms with Crippen molar-refractivity contribution in [1.29, 1.82) is 0 Å². The number of anilines is 1. The molecule has 2 aromatic rings. The molecule has 0 atom stereocenters. The van der Waals surface area contributed by atoms with Crippen molar-refractivity contribution < 1.29 is 79.2 Å². The van der Waals surface area contributed by atoms with Crippen LogP contribution < -0.4 is 66.8 Å². The van der Waals surface area contributed by atoms with Gasteiger partial charge in [-0.1, -0.05) is 25.3 Å². The minimum Gasteiger partial charge on any atom is -0.429 e. The minimum absolute atomic E-state index is 0. The van der Waals surface area contributed by atoms with Crippen LogP contribution in [0.25, 0.3) is 11.1 Å². The third-order valence-corrected chi connectivity index (χ3v) is 4.18. The summed E-state index contributed by atoms with van der Waals surface area (Å²) in [6, 6.07) is 7.15. The van der Waals surface area contributed by atoms with Gasteiger partial charge in [0.05, 0.1) is 0 Å². The van der Waals surface area contributed by atoms with Crippen LogP contribution in [-0.2, 0) is 11.3 Å². The number of alkyl halides is 3. The zero-order chi connectivity index (χ0) is 21.0. The van der Waals surface area contributed by atoms with Crippen molar-refractivity contribution in [2.24, 2.45) is 4.99 Å². The Labute approximate surface area is 213 Å². The van der Waals surface area contributed by atoms with Crippen molar-refractivity contribution >= 4 is 23.5 Å². The number of ether oxygens (including phenoxy) is 1. The van der Waals surface area contributed by atoms with Gasteiger partial charge in [0.1, 0.15) is 5.75 Å². The monoisotopic (exact) mass is 443 g/mol. The first kappa shape index (κ1) is 24.4. The Kier molecular flexibility index (Phi) is 8.53. The third kappa shape index (κ3) is 5.87. The molecule has 1 aliphatic rings. The number of carbonyl (C=O) groups is 1. The summed E-state index contributed by atoms with van der Waals surface area (Å²) in [6.45, 7) is 4.85. The molecule has 152 valence electrons. The van der Waals surface area contributed by atoms with Gasteiger partial charge in [-0.15, -0.1) is 30.4 Å². The van der Waals surface area contributed by atoms with Crippen LogP contribution >= 0.6 is 0 Å². The van der Waals surface area contributed by atoms with E-state index in [0.29, 0.717) is 40.2 Å². The van der Waals surface area contributed by atoms with Gasteiger partial charge >= 0.3 is 57.7 Å². The van der Waals surface area contributed by atoms with Crippen molar-refractivity contribution in [3.8, 4) is 16.9 Å². The number of aliphatic hydroxyl groups is 1. The maximum Gasteiger partial charge on any atom is 1.00 e. The number of amides is 1. The topological polar surface area (TPSA) is 83.0 Å². The Morgan fingerprint density at radius 3 is 2.67 bits per heavy atom. The van der Waals surface area contributed by atoms with Crippen molar-refractivity contribution in [2.45, 2.75) is 12.9 Å². The number of aliphatic imine (C=N–C) groups is 1. The van der Waals surface area contributed by atoms with Gasteiger partial charge in [0.25, 0.3) is 0 Å². The fraction of sp³-hybridized carbons (Fsp3) is 0.150. The van der Waals surface area contributed by atoms with Crippen LogP contribution in [0.4, 0.5) is 24.5 Å². The van der Waals surface area contributed by atoms with Crippen LogP contribution in [0.15, 0.2) is 48.0 Å². The minimum atomic E-state index is -4.77. The molecule has 0 fully saturated rings. The molecule has 1 heterocycles. The number of halogens is 3. The van der Waals surface area contributed by atoms with Gasteiger partial charge in [0.15, 0.2) is 0 Å². The predicted molar refractivity (Wildman–Crippen MR) is 103 cm³/mol. The predicted octanol–water partition coefficient (Wildman–Crippen LogP) is 1.07. The molecule has 1 amide bonds. The van der Waals surface area contributed by atoms with Crippen molar-refractivity contribution in [1.82, 2.24) is 5.32 Å². The zero-order valence-electron chi connectivity index (χ0n) is 16.1. The Balaban J connectivity index is 0.00000320. The summed E-state index contributed by atoms with van der Waals surface area (Å²) in [6.07, 6.45) is -2.02. The molecule has 3 rings (SSSR count). The largest absolute Gasteiger partial charge is 1.00 e. The quantitative estimate of drug-likeness (QED) is 0.354. The molecule has 3 N–H and O–H groups in total. The Morgan fingerprint density at radius 1 is 1.37 bits per heavy atom. The van der Waals surface area contributed by atoms with Gasteiger partial charge in [0.2, 0.25) is 5.91 Å². The first-order valence-corrected chi connectivity index (χ1v) is 8.52. The van der Waals surface area contributed by atoms with E-state index in [0.717, 1.165) is 12.7 Å². The van der Waals surface area contributed by atoms with E-state index in [9.17, 15) is 23.1 Å². The van der Waals surface area contributed by atoms with E-state index in [1.54, 1.807) is 12.3 Å². The smallest absolute Gasteiger partial charge is 0.429 e. The fourth-order valence-corrected chi connectivity index (χ4v) is 2.94. The Bertz CT molecular complexity index is 960. The number of benzene rings is 2. The first-order chi connectivity index (χ1) is 13.8. The van der Waals surface area contributed by atoms with Crippen LogP contribution in [0, 0.1) is 6.61 Å². The van der Waals surface area contributed by atoms with Gasteiger partial charge in [0, 0.05) is 18.4 Å². The molecule has 0 saturated carbocycles. The van der Waals surface area contributed by atoms with E-state index in [-0.39, 0.29) is 69.6 Å². The molecule has 30 heavy (non-hydrogen) atoms. The maximum absolute atomic E-state index is 12.4. The van der Waals surface area contributed by atoms with Crippen LogP contribution in [0.1, 0.15) is 11.1 Å². The standard InChI is InChI=1S/C20H17F3N3O3.K/c1-2-17(28)26-10-13-9-15(18-19(16(13)11-27)25-8-7-24-18)12-3-5-14(6-4-12)29-20(21,22)23;/h2-6,8-9,11,24,27H,1,7,10H2,(H,26,28);/q-1;+1. The summed E-state index contributed by atoms with van der Waals surface area (Å²) in [5.74, 6) is -0.719. The van der Waals surface area contributed by atoms with Gasteiger partial charge in [-0.05, 0) is 41.6 Å². The second-order valence-corrected chi connectivity index (χ2v) is 6.04. The average molecular weight is 443 g/mol. The summed E-state index contributed by atoms with van der Waals surface area (Å²) >= 11 is 0. The average Bonchev–Trinajstić information content (AvgIpc) is 2.70. The molecule has 1 aliphatic heterocycles. The summed E-state index contributed by atoms with van der Waals surface area (Å²) in [4.78, 5) is 15.9. The van der Waals surface area contributed by atoms with Crippen LogP contribution in [0.2, 0.25) is 0 Å². The number of hydrogen-bond acceptors (Lipinski definition) is 5. The number of rotatable bonds is 6. The molecule has 0 bridgehead atoms. The fourth-order valence-electron chi connectivity index (χ4n) is 2.94. The maximum atomic E-state index is 12.4. The van der Waals surface area contributed by atoms with E-state index < -0.39 is 6.36 Å². The summed E-state index contributed by atoms with van der Waals surface area (Å²) < 4.78 is 41.1. The molecule has 0 aliphatic carbocycles. The number of aliphatic hydroxyl groups excluding tert-OH is 1. The summed E-state index contributed by atoms with van der Waals surface area (Å²) in [5.41, 5.74) is 3.36. The summed E-state index contributed by atoms with van der Waals surface area (Å²) in [7, 11) is 0. The third-order valence-electron chi connectivity index (χ3n) is 4.18. The van der Waals surface area contributed by atoms with E-state index >= 15 is 0 Å². The van der Waals surface area contributed by atoms with Crippen molar-refractivity contribution in [3.63, 3.8) is 0 Å². The molecule has 0 spiro atoms. The zero-order valence-corrected chi connectivity index (χ0v) is 19.2. The molecule has 0 unspecified atom stereocenters. The molecular formula is C20H17F3KN3O3. The van der Waals surface area contributed by atoms with Gasteiger partial charge in [-0.2, -0.15) is 0 Å². The molecule has 0 aromatic heterocycles. The Morgan fingerprint density at radius 2 is 2.07 bits per heavy atom. The second kappa shape index (κ2) is 10.5. The molecule has 6 nitrogen and oxygen atoms in total. The molecule has 10 heteroatoms. The molecule has 0 radical (unpaired) electrons. The number of hydrogen-bond donors (Lipinski definition) is 3. The van der Waals surface area contributed by atoms with Crippen molar-refractivity contribution in [2.75, 3.05) is 11.9 Å². The van der Waals surface area contributed by atoms with Crippen LogP contribution in [0.5, 0.6) is 5.75 Å². The SMILES string of the molecule is C=CC(=O)NCc1cc(-c2ccc(OC(F)(F)F)cc2)c2c(c1[CH-]O)N=CCN2.[K+]. The van der Waals surface area contributed by atoms with Crippen LogP contribution in [-0.4, -0.2) is 30.1 Å². The van der Waals surface area contributed by atoms with E-state index in [2.05, 4.69) is 26.9 Å². The van der Waals surface area contributed by atoms with Gasteiger partial charge in [-0.3, -0.25) is 4.79 Å². The molecular weight excluding hydrogens is 426 g/mol. The van der Waals surface area contributed by atoms with E-state index in [1.807, 2.05) is 0 Å². The number of nitrogens with zero attached hydrogens (tertiary/aromatic N) is 1. The number of fused-ring (bicyclic) bond motifs is 1. The van der Waals surface area contributed by atoms with Gasteiger partial charge < -0.3 is 25.5 Å². The Hall–Kier alpha value is -1.82. The molecule has 0 saturated heterocycles. The normalized spacial score (nSPS) is 12.1. The van der Waals surface area contributed by atoms with E-state index in [4.69, 9.17) is 0 Å². The number of carbonyl (C=O) groups excluding carboxylic acids is 1. The van der Waals surface area contributed by atoms with E-state index in [1.165, 1.54) is 24.3 Å². The summed E-state index contributed by atoms with van der Waals surface area (Å²) in [5, 5.41) is 15.5. The van der Waals surface area contributed by atoms with Crippen LogP contribution in [0.3, 0.4) is 0 Å². The van der Waals surface area contributed by atoms with Gasteiger partial charge in [-0.25, -0.2) is 0 Å². The number of nitrogens with one attached hydrogen (secondary N) is 2. The van der Waals surface area contributed by atoms with Crippen molar-refractivity contribution in [3.05, 3.63) is 60.7 Å². The second-order valence-electron chi connectivity index (χ2n) is 6.04.